The van der Waals surface area contributed by atoms with E-state index in [1.54, 1.807) is 0 Å². The monoisotopic (exact) mass is 368 g/mol. The van der Waals surface area contributed by atoms with Gasteiger partial charge in [0.2, 0.25) is 0 Å². The van der Waals surface area contributed by atoms with Gasteiger partial charge in [-0.15, -0.1) is 0 Å². The largest absolute Gasteiger partial charge is 0.493 e. The molecule has 0 bridgehead atoms. The van der Waals surface area contributed by atoms with Crippen molar-refractivity contribution >= 4 is 22.6 Å². The molecule has 0 heterocycles. The number of halogens is 1. The third kappa shape index (κ3) is 3.09. The van der Waals surface area contributed by atoms with Gasteiger partial charge in [0.25, 0.3) is 0 Å². The molecule has 0 spiro atoms. The third-order valence-electron chi connectivity index (χ3n) is 3.03. The molecule has 2 nitrogen and oxygen atoms in total. The van der Waals surface area contributed by atoms with Crippen LogP contribution in [-0.4, -0.2) is 11.7 Å². The number of para-hydroxylation sites is 1. The predicted molar refractivity (Wildman–Crippen MR) is 85.6 cm³/mol. The lowest BCUT2D eigenvalue weighted by molar-refractivity contribution is 0.211. The predicted octanol–water partition coefficient (Wildman–Crippen LogP) is 4.08. The maximum Gasteiger partial charge on any atom is 0.125 e. The van der Waals surface area contributed by atoms with Crippen LogP contribution in [0, 0.1) is 10.5 Å². The maximum absolute atomic E-state index is 10.6. The van der Waals surface area contributed by atoms with Gasteiger partial charge < -0.3 is 9.84 Å². The molecule has 0 saturated heterocycles. The van der Waals surface area contributed by atoms with E-state index in [1.165, 1.54) is 5.56 Å². The minimum Gasteiger partial charge on any atom is -0.493 e. The molecule has 2 aromatic rings. The Bertz CT molecular complexity index is 566. The Balaban J connectivity index is 2.44. The SMILES string of the molecule is CCOc1ccccc1C(O)c1cccc(C)c1I. The van der Waals surface area contributed by atoms with Gasteiger partial charge in [0.15, 0.2) is 0 Å². The van der Waals surface area contributed by atoms with E-state index in [1.807, 2.05) is 56.3 Å². The molecule has 1 unspecified atom stereocenters. The average molecular weight is 368 g/mol. The molecule has 0 fully saturated rings. The van der Waals surface area contributed by atoms with Gasteiger partial charge in [0.1, 0.15) is 11.9 Å². The van der Waals surface area contributed by atoms with Crippen molar-refractivity contribution in [2.75, 3.05) is 6.61 Å². The second kappa shape index (κ2) is 6.39. The Labute approximate surface area is 127 Å². The highest BCUT2D eigenvalue weighted by Crippen LogP contribution is 2.33. The van der Waals surface area contributed by atoms with Crippen LogP contribution in [0.15, 0.2) is 42.5 Å². The van der Waals surface area contributed by atoms with Crippen LogP contribution in [0.5, 0.6) is 5.75 Å². The smallest absolute Gasteiger partial charge is 0.125 e. The van der Waals surface area contributed by atoms with Crippen LogP contribution >= 0.6 is 22.6 Å². The molecular formula is C16H17IO2. The van der Waals surface area contributed by atoms with Crippen LogP contribution in [0.2, 0.25) is 0 Å². The van der Waals surface area contributed by atoms with Crippen LogP contribution in [-0.2, 0) is 0 Å². The van der Waals surface area contributed by atoms with Crippen LogP contribution in [0.3, 0.4) is 0 Å². The first-order valence-corrected chi connectivity index (χ1v) is 7.37. The first kappa shape index (κ1) is 14.3. The summed E-state index contributed by atoms with van der Waals surface area (Å²) >= 11 is 2.28. The van der Waals surface area contributed by atoms with Crippen LogP contribution in [0.1, 0.15) is 29.7 Å². The lowest BCUT2D eigenvalue weighted by Crippen LogP contribution is -2.06. The summed E-state index contributed by atoms with van der Waals surface area (Å²) in [5, 5.41) is 10.6. The van der Waals surface area contributed by atoms with E-state index >= 15 is 0 Å². The number of hydrogen-bond acceptors (Lipinski definition) is 2. The maximum atomic E-state index is 10.6. The molecule has 100 valence electrons. The minimum absolute atomic E-state index is 0.592. The van der Waals surface area contributed by atoms with Crippen molar-refractivity contribution in [2.45, 2.75) is 20.0 Å². The van der Waals surface area contributed by atoms with Gasteiger partial charge in [-0.3, -0.25) is 0 Å². The first-order chi connectivity index (χ1) is 9.15. The van der Waals surface area contributed by atoms with Gasteiger partial charge in [-0.1, -0.05) is 36.4 Å². The van der Waals surface area contributed by atoms with E-state index in [0.29, 0.717) is 6.61 Å². The summed E-state index contributed by atoms with van der Waals surface area (Å²) in [4.78, 5) is 0. The standard InChI is InChI=1S/C16H17IO2/c1-3-19-14-10-5-4-8-12(14)16(18)13-9-6-7-11(2)15(13)17/h4-10,16,18H,3H2,1-2H3. The molecule has 0 saturated carbocycles. The number of aliphatic hydroxyl groups is 1. The van der Waals surface area contributed by atoms with Gasteiger partial charge in [0, 0.05) is 9.13 Å². The summed E-state index contributed by atoms with van der Waals surface area (Å²) in [6.07, 6.45) is -0.658. The molecule has 0 amide bonds. The van der Waals surface area contributed by atoms with Gasteiger partial charge >= 0.3 is 0 Å². The molecule has 0 radical (unpaired) electrons. The van der Waals surface area contributed by atoms with Crippen molar-refractivity contribution in [1.82, 2.24) is 0 Å². The second-order valence-electron chi connectivity index (χ2n) is 4.35. The molecule has 2 rings (SSSR count). The summed E-state index contributed by atoms with van der Waals surface area (Å²) in [7, 11) is 0. The van der Waals surface area contributed by atoms with E-state index in [-0.39, 0.29) is 0 Å². The molecule has 0 aliphatic heterocycles. The van der Waals surface area contributed by atoms with Crippen LogP contribution < -0.4 is 4.74 Å². The number of benzene rings is 2. The molecule has 19 heavy (non-hydrogen) atoms. The highest BCUT2D eigenvalue weighted by atomic mass is 127. The van der Waals surface area contributed by atoms with Crippen molar-refractivity contribution in [3.8, 4) is 5.75 Å². The number of hydrogen-bond donors (Lipinski definition) is 1. The third-order valence-corrected chi connectivity index (χ3v) is 4.50. The number of aryl methyl sites for hydroxylation is 1. The Morgan fingerprint density at radius 3 is 2.53 bits per heavy atom. The topological polar surface area (TPSA) is 29.5 Å². The number of aliphatic hydroxyl groups excluding tert-OH is 1. The van der Waals surface area contributed by atoms with Gasteiger partial charge in [-0.05, 0) is 53.6 Å². The lowest BCUT2D eigenvalue weighted by Gasteiger charge is -2.18. The van der Waals surface area contributed by atoms with Gasteiger partial charge in [-0.25, -0.2) is 0 Å². The number of ether oxygens (including phenoxy) is 1. The van der Waals surface area contributed by atoms with E-state index < -0.39 is 6.10 Å². The van der Waals surface area contributed by atoms with E-state index in [4.69, 9.17) is 4.74 Å². The molecule has 3 heteroatoms. The molecule has 0 aromatic heterocycles. The molecule has 0 aliphatic carbocycles. The minimum atomic E-state index is -0.658. The van der Waals surface area contributed by atoms with Gasteiger partial charge in [-0.2, -0.15) is 0 Å². The highest BCUT2D eigenvalue weighted by molar-refractivity contribution is 14.1. The quantitative estimate of drug-likeness (QED) is 0.825. The zero-order chi connectivity index (χ0) is 13.8. The zero-order valence-electron chi connectivity index (χ0n) is 11.1. The fraction of sp³-hybridized carbons (Fsp3) is 0.250. The number of rotatable bonds is 4. The molecule has 0 aliphatic rings. The van der Waals surface area contributed by atoms with Crippen molar-refractivity contribution in [2.24, 2.45) is 0 Å². The van der Waals surface area contributed by atoms with E-state index in [0.717, 1.165) is 20.4 Å². The van der Waals surface area contributed by atoms with Crippen molar-refractivity contribution in [3.05, 3.63) is 62.7 Å². The van der Waals surface area contributed by atoms with Gasteiger partial charge in [0.05, 0.1) is 6.61 Å². The fourth-order valence-electron chi connectivity index (χ4n) is 2.04. The molecular weight excluding hydrogens is 351 g/mol. The highest BCUT2D eigenvalue weighted by Gasteiger charge is 2.18. The van der Waals surface area contributed by atoms with Crippen molar-refractivity contribution in [3.63, 3.8) is 0 Å². The van der Waals surface area contributed by atoms with Crippen LogP contribution in [0.4, 0.5) is 0 Å². The Kier molecular flexibility index (Phi) is 4.82. The molecule has 1 N–H and O–H groups in total. The van der Waals surface area contributed by atoms with Crippen molar-refractivity contribution in [1.29, 1.82) is 0 Å². The summed E-state index contributed by atoms with van der Waals surface area (Å²) in [5.74, 6) is 0.745. The Hall–Kier alpha value is -1.07. The molecule has 2 aromatic carbocycles. The summed E-state index contributed by atoms with van der Waals surface area (Å²) in [6, 6.07) is 13.6. The first-order valence-electron chi connectivity index (χ1n) is 6.30. The average Bonchev–Trinajstić information content (AvgIpc) is 2.42. The van der Waals surface area contributed by atoms with E-state index in [9.17, 15) is 5.11 Å². The van der Waals surface area contributed by atoms with Crippen molar-refractivity contribution < 1.29 is 9.84 Å². The van der Waals surface area contributed by atoms with Crippen LogP contribution in [0.25, 0.3) is 0 Å². The zero-order valence-corrected chi connectivity index (χ0v) is 13.2. The summed E-state index contributed by atoms with van der Waals surface area (Å²) in [5.41, 5.74) is 2.91. The summed E-state index contributed by atoms with van der Waals surface area (Å²) < 4.78 is 6.68. The lowest BCUT2D eigenvalue weighted by atomic mass is 9.99. The summed E-state index contributed by atoms with van der Waals surface area (Å²) in [6.45, 7) is 4.58. The van der Waals surface area contributed by atoms with E-state index in [2.05, 4.69) is 22.6 Å². The second-order valence-corrected chi connectivity index (χ2v) is 5.43. The Morgan fingerprint density at radius 2 is 1.79 bits per heavy atom. The normalized spacial score (nSPS) is 12.2. The Morgan fingerprint density at radius 1 is 1.11 bits per heavy atom. The fourth-order valence-corrected chi connectivity index (χ4v) is 2.70. The molecule has 1 atom stereocenters.